The third-order valence-electron chi connectivity index (χ3n) is 12.4. The molecule has 1 aromatic heterocycles. The molecule has 314 valence electrons. The van der Waals surface area contributed by atoms with Crippen molar-refractivity contribution in [3.05, 3.63) is 69.4 Å². The van der Waals surface area contributed by atoms with Crippen LogP contribution in [0.1, 0.15) is 82.6 Å². The van der Waals surface area contributed by atoms with Crippen molar-refractivity contribution in [2.75, 3.05) is 13.2 Å². The number of thiophene rings is 1. The maximum Gasteiger partial charge on any atom is 0.407 e. The molecule has 1 saturated heterocycles. The molecule has 2 heterocycles. The largest absolute Gasteiger partial charge is 0.456 e. The summed E-state index contributed by atoms with van der Waals surface area (Å²) in [5, 5.41) is 41.2. The minimum Gasteiger partial charge on any atom is -0.456 e. The lowest BCUT2D eigenvalue weighted by Crippen LogP contribution is -2.82. The third-order valence-corrected chi connectivity index (χ3v) is 13.4. The number of carbonyl (C=O) groups excluding carboxylic acids is 6. The number of nitrogens with one attached hydrogen (secondary N) is 1. The van der Waals surface area contributed by atoms with Crippen molar-refractivity contribution in [2.24, 2.45) is 16.7 Å². The summed E-state index contributed by atoms with van der Waals surface area (Å²) < 4.78 is 35.0. The summed E-state index contributed by atoms with van der Waals surface area (Å²) in [5.41, 5.74) is -7.61. The standard InChI is InChI=1S/C41H49NO15S/c1-8-52-37(50)42-29(25-15-12-16-58-25)30(46)36(49)55-24-18-41(51)34(56-35(48)23-13-10-9-11-14-23)32-39(7,26(45)17-27-40(32,19-53-27)57-22(4)44)33(47)31(54-21(3)43)28(20(24)2)38(41,5)6/h9-16,24,26-27,29-32,34,45-46,51H,8,17-19H2,1-7H3,(H,42,50)/t24?,26?,27?,29?,30?,31?,32?,34?,39-,40+,41?/m1/s1. The molecular weight excluding hydrogens is 779 g/mol. The molecule has 58 heavy (non-hydrogen) atoms. The van der Waals surface area contributed by atoms with Gasteiger partial charge in [-0.25, -0.2) is 14.4 Å². The summed E-state index contributed by atoms with van der Waals surface area (Å²) in [6, 6.07) is 9.73. The number of alkyl carbamates (subject to hydrolysis) is 1. The summed E-state index contributed by atoms with van der Waals surface area (Å²) in [6.45, 7) is 9.52. The van der Waals surface area contributed by atoms with Crippen LogP contribution in [-0.4, -0.2) is 112 Å². The van der Waals surface area contributed by atoms with E-state index in [0.29, 0.717) is 4.88 Å². The highest BCUT2D eigenvalue weighted by atomic mass is 32.1. The van der Waals surface area contributed by atoms with Crippen molar-refractivity contribution in [3.8, 4) is 0 Å². The SMILES string of the molecule is CCOC(=O)NC(c1cccs1)C(O)C(=O)OC1CC2(O)C(OC(=O)c3ccccc3)C3[C@]4(OC(C)=O)COC4CC(O)[C@@]3(C)C(=O)C(OC(C)=O)C(=C1C)C2(C)C. The molecule has 3 aliphatic carbocycles. The topological polar surface area (TPSA) is 231 Å². The van der Waals surface area contributed by atoms with Gasteiger partial charge in [0, 0.05) is 37.0 Å². The molecule has 4 aliphatic rings. The molecular formula is C41H49NO15S. The second-order valence-electron chi connectivity index (χ2n) is 16.0. The first-order valence-corrected chi connectivity index (χ1v) is 19.9. The fourth-order valence-corrected chi connectivity index (χ4v) is 10.2. The van der Waals surface area contributed by atoms with Gasteiger partial charge in [0.15, 0.2) is 23.6 Å². The third kappa shape index (κ3) is 6.99. The molecule has 0 radical (unpaired) electrons. The first-order valence-electron chi connectivity index (χ1n) is 19.0. The van der Waals surface area contributed by atoms with Crippen molar-refractivity contribution >= 4 is 47.1 Å². The number of carbonyl (C=O) groups is 6. The molecule has 9 unspecified atom stereocenters. The second-order valence-corrected chi connectivity index (χ2v) is 17.0. The minimum absolute atomic E-state index is 0.00523. The first kappa shape index (κ1) is 42.9. The maximum absolute atomic E-state index is 15.4. The number of aliphatic hydroxyl groups excluding tert-OH is 2. The number of rotatable bonds is 10. The van der Waals surface area contributed by atoms with Crippen LogP contribution in [0, 0.1) is 16.7 Å². The van der Waals surface area contributed by atoms with Crippen LogP contribution in [0.3, 0.4) is 0 Å². The summed E-state index contributed by atoms with van der Waals surface area (Å²) in [7, 11) is 0. The highest BCUT2D eigenvalue weighted by Gasteiger charge is 2.78. The Morgan fingerprint density at radius 1 is 1.00 bits per heavy atom. The number of amides is 1. The number of fused-ring (bicyclic) bond motifs is 5. The van der Waals surface area contributed by atoms with Gasteiger partial charge in [-0.1, -0.05) is 38.1 Å². The van der Waals surface area contributed by atoms with Gasteiger partial charge in [0.25, 0.3) is 0 Å². The highest BCUT2D eigenvalue weighted by molar-refractivity contribution is 7.10. The Hall–Kier alpha value is -4.68. The van der Waals surface area contributed by atoms with E-state index in [1.807, 2.05) is 0 Å². The zero-order valence-corrected chi connectivity index (χ0v) is 34.0. The molecule has 2 saturated carbocycles. The maximum atomic E-state index is 15.4. The van der Waals surface area contributed by atoms with Gasteiger partial charge in [-0.3, -0.25) is 14.4 Å². The van der Waals surface area contributed by atoms with Gasteiger partial charge >= 0.3 is 30.0 Å². The highest BCUT2D eigenvalue weighted by Crippen LogP contribution is 2.64. The number of ether oxygens (including phenoxy) is 6. The number of hydrogen-bond donors (Lipinski definition) is 4. The van der Waals surface area contributed by atoms with E-state index in [1.54, 1.807) is 56.5 Å². The van der Waals surface area contributed by atoms with Crippen LogP contribution < -0.4 is 5.32 Å². The molecule has 0 spiro atoms. The Kier molecular flexibility index (Phi) is 11.7. The summed E-state index contributed by atoms with van der Waals surface area (Å²) in [5.74, 6) is -6.26. The van der Waals surface area contributed by atoms with Gasteiger partial charge in [-0.15, -0.1) is 11.3 Å². The molecule has 1 aromatic carbocycles. The molecule has 2 aromatic rings. The van der Waals surface area contributed by atoms with Gasteiger partial charge in [-0.05, 0) is 55.5 Å². The molecule has 2 bridgehead atoms. The summed E-state index contributed by atoms with van der Waals surface area (Å²) in [6.07, 6.45) is -11.4. The molecule has 6 rings (SSSR count). The van der Waals surface area contributed by atoms with E-state index in [9.17, 15) is 39.3 Å². The minimum atomic E-state index is -2.38. The van der Waals surface area contributed by atoms with E-state index in [2.05, 4.69) is 5.32 Å². The number of hydrogen-bond acceptors (Lipinski definition) is 16. The predicted molar refractivity (Wildman–Crippen MR) is 202 cm³/mol. The lowest BCUT2D eigenvalue weighted by Gasteiger charge is -2.67. The predicted octanol–water partition coefficient (Wildman–Crippen LogP) is 3.11. The van der Waals surface area contributed by atoms with Crippen LogP contribution in [0.2, 0.25) is 0 Å². The second kappa shape index (κ2) is 15.8. The molecule has 11 atom stereocenters. The lowest BCUT2D eigenvalue weighted by atomic mass is 9.44. The first-order chi connectivity index (χ1) is 27.2. The normalized spacial score (nSPS) is 33.3. The van der Waals surface area contributed by atoms with E-state index in [-0.39, 0.29) is 36.3 Å². The van der Waals surface area contributed by atoms with Gasteiger partial charge in [0.1, 0.15) is 30.0 Å². The fourth-order valence-electron chi connectivity index (χ4n) is 9.44. The molecule has 1 amide bonds. The number of ketones is 1. The van der Waals surface area contributed by atoms with Crippen molar-refractivity contribution in [3.63, 3.8) is 0 Å². The average Bonchev–Trinajstić information content (AvgIpc) is 3.70. The van der Waals surface area contributed by atoms with Crippen LogP contribution in [0.4, 0.5) is 4.79 Å². The average molecular weight is 828 g/mol. The fraction of sp³-hybridized carbons (Fsp3) is 0.561. The van der Waals surface area contributed by atoms with Crippen molar-refractivity contribution in [1.82, 2.24) is 5.32 Å². The van der Waals surface area contributed by atoms with Crippen molar-refractivity contribution < 1.29 is 72.5 Å². The Morgan fingerprint density at radius 3 is 2.26 bits per heavy atom. The quantitative estimate of drug-likeness (QED) is 0.153. The Balaban J connectivity index is 1.55. The van der Waals surface area contributed by atoms with E-state index >= 15 is 4.79 Å². The van der Waals surface area contributed by atoms with Crippen molar-refractivity contribution in [1.29, 1.82) is 0 Å². The Morgan fingerprint density at radius 2 is 1.69 bits per heavy atom. The lowest BCUT2D eigenvalue weighted by molar-refractivity contribution is -0.346. The number of benzene rings is 1. The molecule has 17 heteroatoms. The van der Waals surface area contributed by atoms with Crippen LogP contribution >= 0.6 is 11.3 Å². The van der Waals surface area contributed by atoms with Crippen LogP contribution in [0.25, 0.3) is 0 Å². The molecule has 3 fully saturated rings. The van der Waals surface area contributed by atoms with E-state index in [1.165, 1.54) is 26.0 Å². The van der Waals surface area contributed by atoms with Gasteiger partial charge < -0.3 is 49.1 Å². The number of esters is 4. The van der Waals surface area contributed by atoms with E-state index < -0.39 is 113 Å². The van der Waals surface area contributed by atoms with Gasteiger partial charge in [-0.2, -0.15) is 0 Å². The summed E-state index contributed by atoms with van der Waals surface area (Å²) >= 11 is 1.14. The van der Waals surface area contributed by atoms with Crippen LogP contribution in [0.5, 0.6) is 0 Å². The zero-order valence-electron chi connectivity index (χ0n) is 33.2. The van der Waals surface area contributed by atoms with Gasteiger partial charge in [0.2, 0.25) is 0 Å². The monoisotopic (exact) mass is 827 g/mol. The number of Topliss-reactive ketones (excluding diaryl/α,β-unsaturated/α-hetero) is 1. The molecule has 1 aliphatic heterocycles. The van der Waals surface area contributed by atoms with E-state index in [0.717, 1.165) is 25.2 Å². The van der Waals surface area contributed by atoms with Crippen molar-refractivity contribution in [2.45, 2.75) is 115 Å². The summed E-state index contributed by atoms with van der Waals surface area (Å²) in [4.78, 5) is 82.3. The van der Waals surface area contributed by atoms with E-state index in [4.69, 9.17) is 28.4 Å². The zero-order chi connectivity index (χ0) is 42.5. The molecule has 4 N–H and O–H groups in total. The number of aliphatic hydroxyl groups is 3. The van der Waals surface area contributed by atoms with Crippen LogP contribution in [0.15, 0.2) is 59.0 Å². The molecule has 16 nitrogen and oxygen atoms in total. The van der Waals surface area contributed by atoms with Crippen LogP contribution in [-0.2, 0) is 47.6 Å². The van der Waals surface area contributed by atoms with Gasteiger partial charge in [0.05, 0.1) is 36.2 Å². The Labute approximate surface area is 338 Å². The smallest absolute Gasteiger partial charge is 0.407 e. The Bertz CT molecular complexity index is 1980.